The number of rotatable bonds is 6. The molecule has 0 saturated heterocycles. The van der Waals surface area contributed by atoms with Crippen molar-refractivity contribution in [3.8, 4) is 11.1 Å². The highest BCUT2D eigenvalue weighted by atomic mass is 32.1. The van der Waals surface area contributed by atoms with Crippen molar-refractivity contribution in [2.75, 3.05) is 19.0 Å². The molecule has 2 aromatic heterocycles. The number of esters is 2. The van der Waals surface area contributed by atoms with E-state index >= 15 is 0 Å². The smallest absolute Gasteiger partial charge is 0.356 e. The van der Waals surface area contributed by atoms with Crippen molar-refractivity contribution in [1.82, 2.24) is 4.57 Å². The number of anilines is 1. The number of methoxy groups -OCH3 is 1. The van der Waals surface area contributed by atoms with Gasteiger partial charge in [0, 0.05) is 22.9 Å². The van der Waals surface area contributed by atoms with E-state index in [0.29, 0.717) is 26.9 Å². The first-order chi connectivity index (χ1) is 19.8. The van der Waals surface area contributed by atoms with E-state index in [1.165, 1.54) is 30.1 Å². The second kappa shape index (κ2) is 12.1. The minimum absolute atomic E-state index is 0.0553. The van der Waals surface area contributed by atoms with Gasteiger partial charge in [0.15, 0.2) is 6.61 Å². The largest absolute Gasteiger partial charge is 0.465 e. The molecule has 1 amide bonds. The van der Waals surface area contributed by atoms with E-state index in [4.69, 9.17) is 9.47 Å². The Labute approximate surface area is 241 Å². The minimum Gasteiger partial charge on any atom is -0.465 e. The summed E-state index contributed by atoms with van der Waals surface area (Å²) in [5.41, 5.74) is 3.38. The van der Waals surface area contributed by atoms with E-state index in [1.54, 1.807) is 18.2 Å². The van der Waals surface area contributed by atoms with Gasteiger partial charge in [0.25, 0.3) is 11.5 Å². The SMILES string of the molecule is COC(=O)c1c(NC(=O)COC(=O)c2c(-c3ccc(C)cc3)c3ccccc3c(=O)n2C)sc2c1CCCCCC2. The van der Waals surface area contributed by atoms with Gasteiger partial charge in [-0.2, -0.15) is 0 Å². The van der Waals surface area contributed by atoms with Crippen LogP contribution in [-0.2, 0) is 34.2 Å². The van der Waals surface area contributed by atoms with Crippen LogP contribution in [0, 0.1) is 6.92 Å². The maximum absolute atomic E-state index is 13.5. The highest BCUT2D eigenvalue weighted by Gasteiger charge is 2.27. The van der Waals surface area contributed by atoms with Crippen LogP contribution < -0.4 is 10.9 Å². The van der Waals surface area contributed by atoms with E-state index in [1.807, 2.05) is 37.3 Å². The molecule has 2 aromatic carbocycles. The first kappa shape index (κ1) is 28.3. The number of hydrogen-bond acceptors (Lipinski definition) is 7. The molecule has 4 aromatic rings. The van der Waals surface area contributed by atoms with Crippen LogP contribution in [0.1, 0.15) is 62.5 Å². The predicted molar refractivity (Wildman–Crippen MR) is 160 cm³/mol. The molecule has 0 radical (unpaired) electrons. The molecule has 1 aliphatic carbocycles. The number of nitrogens with one attached hydrogen (secondary N) is 1. The summed E-state index contributed by atoms with van der Waals surface area (Å²) in [7, 11) is 2.84. The van der Waals surface area contributed by atoms with Gasteiger partial charge in [-0.1, -0.05) is 60.9 Å². The number of thiophene rings is 1. The molecule has 0 saturated carbocycles. The summed E-state index contributed by atoms with van der Waals surface area (Å²) in [6, 6.07) is 14.8. The van der Waals surface area contributed by atoms with Gasteiger partial charge in [-0.05, 0) is 55.2 Å². The maximum Gasteiger partial charge on any atom is 0.356 e. The Bertz CT molecular complexity index is 1700. The monoisotopic (exact) mass is 572 g/mol. The van der Waals surface area contributed by atoms with Gasteiger partial charge in [0.05, 0.1) is 12.7 Å². The molecule has 0 bridgehead atoms. The van der Waals surface area contributed by atoms with Gasteiger partial charge in [-0.15, -0.1) is 11.3 Å². The molecule has 2 heterocycles. The van der Waals surface area contributed by atoms with Gasteiger partial charge in [-0.25, -0.2) is 9.59 Å². The van der Waals surface area contributed by atoms with Crippen LogP contribution in [0.25, 0.3) is 21.9 Å². The molecular formula is C32H32N2O6S. The molecule has 1 N–H and O–H groups in total. The lowest BCUT2D eigenvalue weighted by atomic mass is 9.96. The number of nitrogens with zero attached hydrogens (tertiary/aromatic N) is 1. The van der Waals surface area contributed by atoms with Crippen molar-refractivity contribution >= 4 is 45.0 Å². The van der Waals surface area contributed by atoms with Gasteiger partial charge < -0.3 is 19.4 Å². The molecule has 0 unspecified atom stereocenters. The summed E-state index contributed by atoms with van der Waals surface area (Å²) < 4.78 is 11.8. The third kappa shape index (κ3) is 5.67. The number of carbonyl (C=O) groups excluding carboxylic acids is 3. The number of carbonyl (C=O) groups is 3. The number of benzene rings is 2. The first-order valence-corrected chi connectivity index (χ1v) is 14.5. The summed E-state index contributed by atoms with van der Waals surface area (Å²) in [6.07, 6.45) is 5.80. The second-order valence-corrected chi connectivity index (χ2v) is 11.3. The van der Waals surface area contributed by atoms with E-state index < -0.39 is 24.5 Å². The fourth-order valence-corrected chi connectivity index (χ4v) is 6.70. The average Bonchev–Trinajstić information content (AvgIpc) is 3.28. The van der Waals surface area contributed by atoms with Crippen molar-refractivity contribution in [1.29, 1.82) is 0 Å². The van der Waals surface area contributed by atoms with Crippen LogP contribution in [0.15, 0.2) is 53.3 Å². The van der Waals surface area contributed by atoms with E-state index in [0.717, 1.165) is 60.1 Å². The molecule has 0 fully saturated rings. The Morgan fingerprint density at radius 1 is 0.927 bits per heavy atom. The fraction of sp³-hybridized carbons (Fsp3) is 0.312. The van der Waals surface area contributed by atoms with Crippen molar-refractivity contribution in [3.05, 3.63) is 86.1 Å². The molecular weight excluding hydrogens is 540 g/mol. The zero-order valence-corrected chi connectivity index (χ0v) is 24.2. The normalized spacial score (nSPS) is 13.1. The number of fused-ring (bicyclic) bond motifs is 2. The Morgan fingerprint density at radius 2 is 1.61 bits per heavy atom. The lowest BCUT2D eigenvalue weighted by molar-refractivity contribution is -0.119. The van der Waals surface area contributed by atoms with Crippen LogP contribution in [0.2, 0.25) is 0 Å². The molecule has 212 valence electrons. The minimum atomic E-state index is -0.798. The number of pyridine rings is 1. The van der Waals surface area contributed by atoms with E-state index in [-0.39, 0.29) is 11.3 Å². The average molecular weight is 573 g/mol. The van der Waals surface area contributed by atoms with Crippen LogP contribution in [-0.4, -0.2) is 36.1 Å². The Morgan fingerprint density at radius 3 is 2.32 bits per heavy atom. The summed E-state index contributed by atoms with van der Waals surface area (Å²) >= 11 is 1.38. The summed E-state index contributed by atoms with van der Waals surface area (Å²) in [6.45, 7) is 1.38. The molecule has 5 rings (SSSR count). The van der Waals surface area contributed by atoms with E-state index in [2.05, 4.69) is 5.32 Å². The van der Waals surface area contributed by atoms with Gasteiger partial charge in [0.2, 0.25) is 0 Å². The number of aryl methyl sites for hydroxylation is 2. The summed E-state index contributed by atoms with van der Waals surface area (Å²) in [4.78, 5) is 53.5. The fourth-order valence-electron chi connectivity index (χ4n) is 5.40. The zero-order chi connectivity index (χ0) is 29.1. The first-order valence-electron chi connectivity index (χ1n) is 13.7. The molecule has 0 atom stereocenters. The predicted octanol–water partition coefficient (Wildman–Crippen LogP) is 5.82. The third-order valence-corrected chi connectivity index (χ3v) is 8.69. The van der Waals surface area contributed by atoms with Crippen molar-refractivity contribution in [3.63, 3.8) is 0 Å². The molecule has 0 spiro atoms. The number of aromatic nitrogens is 1. The summed E-state index contributed by atoms with van der Waals surface area (Å²) in [5, 5.41) is 4.27. The van der Waals surface area contributed by atoms with Gasteiger partial charge in [-0.3, -0.25) is 9.59 Å². The van der Waals surface area contributed by atoms with Crippen molar-refractivity contribution < 1.29 is 23.9 Å². The Kier molecular flexibility index (Phi) is 8.35. The molecule has 1 aliphatic rings. The van der Waals surface area contributed by atoms with Crippen molar-refractivity contribution in [2.45, 2.75) is 45.4 Å². The molecule has 0 aliphatic heterocycles. The van der Waals surface area contributed by atoms with Gasteiger partial charge >= 0.3 is 11.9 Å². The van der Waals surface area contributed by atoms with Crippen LogP contribution in [0.4, 0.5) is 5.00 Å². The highest BCUT2D eigenvalue weighted by molar-refractivity contribution is 7.17. The highest BCUT2D eigenvalue weighted by Crippen LogP contribution is 2.37. The second-order valence-electron chi connectivity index (χ2n) is 10.2. The van der Waals surface area contributed by atoms with Crippen molar-refractivity contribution in [2.24, 2.45) is 7.05 Å². The van der Waals surface area contributed by atoms with Crippen LogP contribution >= 0.6 is 11.3 Å². The van der Waals surface area contributed by atoms with Crippen LogP contribution in [0.5, 0.6) is 0 Å². The Hall–Kier alpha value is -4.24. The summed E-state index contributed by atoms with van der Waals surface area (Å²) in [5.74, 6) is -1.88. The molecule has 41 heavy (non-hydrogen) atoms. The zero-order valence-electron chi connectivity index (χ0n) is 23.4. The number of hydrogen-bond donors (Lipinski definition) is 1. The number of ether oxygens (including phenoxy) is 2. The maximum atomic E-state index is 13.5. The van der Waals surface area contributed by atoms with Crippen LogP contribution in [0.3, 0.4) is 0 Å². The van der Waals surface area contributed by atoms with Gasteiger partial charge in [0.1, 0.15) is 10.7 Å². The van der Waals surface area contributed by atoms with E-state index in [9.17, 15) is 19.2 Å². The molecule has 9 heteroatoms. The molecule has 8 nitrogen and oxygen atoms in total. The Balaban J connectivity index is 1.44. The lowest BCUT2D eigenvalue weighted by Gasteiger charge is -2.17. The number of amides is 1. The lowest BCUT2D eigenvalue weighted by Crippen LogP contribution is -2.28. The quantitative estimate of drug-likeness (QED) is 0.292. The third-order valence-electron chi connectivity index (χ3n) is 7.49. The topological polar surface area (TPSA) is 104 Å². The standard InChI is InChI=1S/C32H32N2O6S/c1-19-14-16-20(17-15-19)26-21-10-8-9-11-22(21)30(36)34(2)28(26)32(38)40-18-25(35)33-29-27(31(37)39-3)23-12-6-4-5-7-13-24(23)41-29/h8-11,14-17H,4-7,12-13,18H2,1-3H3,(H,33,35).